The average molecular weight is 307 g/mol. The predicted molar refractivity (Wildman–Crippen MR) is 85.2 cm³/mol. The van der Waals surface area contributed by atoms with Crippen LogP contribution in [0.3, 0.4) is 0 Å². The van der Waals surface area contributed by atoms with Gasteiger partial charge in [-0.25, -0.2) is 13.1 Å². The van der Waals surface area contributed by atoms with Crippen LogP contribution in [0.2, 0.25) is 0 Å². The highest BCUT2D eigenvalue weighted by Gasteiger charge is 2.61. The Morgan fingerprint density at radius 2 is 1.86 bits per heavy atom. The fourth-order valence-corrected chi connectivity index (χ4v) is 5.94. The second-order valence-corrected chi connectivity index (χ2v) is 9.28. The van der Waals surface area contributed by atoms with Gasteiger partial charge in [0.2, 0.25) is 10.0 Å². The molecule has 1 aromatic carbocycles. The summed E-state index contributed by atoms with van der Waals surface area (Å²) in [7, 11) is -3.28. The molecular formula is C17H25NO2S. The van der Waals surface area contributed by atoms with Gasteiger partial charge in [0.05, 0.1) is 5.75 Å². The summed E-state index contributed by atoms with van der Waals surface area (Å²) < 4.78 is 28.0. The SMILES string of the molecule is CC1(C)[C@H]2CC[C@@]1(C)[C@H](NS(=O)(=O)Cc1ccccc1)C2. The number of rotatable bonds is 4. The lowest BCUT2D eigenvalue weighted by atomic mass is 9.69. The van der Waals surface area contributed by atoms with E-state index in [0.717, 1.165) is 18.4 Å². The van der Waals surface area contributed by atoms with Gasteiger partial charge >= 0.3 is 0 Å². The Bertz CT molecular complexity index is 623. The van der Waals surface area contributed by atoms with Crippen molar-refractivity contribution in [3.63, 3.8) is 0 Å². The Morgan fingerprint density at radius 3 is 2.38 bits per heavy atom. The Labute approximate surface area is 128 Å². The summed E-state index contributed by atoms with van der Waals surface area (Å²) in [6.07, 6.45) is 3.35. The molecule has 3 atom stereocenters. The molecule has 0 radical (unpaired) electrons. The monoisotopic (exact) mass is 307 g/mol. The second kappa shape index (κ2) is 4.82. The van der Waals surface area contributed by atoms with Gasteiger partial charge in [-0.1, -0.05) is 51.1 Å². The van der Waals surface area contributed by atoms with E-state index in [-0.39, 0.29) is 22.6 Å². The van der Waals surface area contributed by atoms with Gasteiger partial charge in [0.25, 0.3) is 0 Å². The van der Waals surface area contributed by atoms with Crippen LogP contribution < -0.4 is 4.72 Å². The fourth-order valence-electron chi connectivity index (χ4n) is 4.43. The molecule has 3 rings (SSSR count). The topological polar surface area (TPSA) is 46.2 Å². The number of fused-ring (bicyclic) bond motifs is 2. The molecule has 2 aliphatic carbocycles. The van der Waals surface area contributed by atoms with Gasteiger partial charge in [0.1, 0.15) is 0 Å². The lowest BCUT2D eigenvalue weighted by molar-refractivity contribution is 0.130. The zero-order chi connectivity index (χ0) is 15.3. The molecule has 2 bridgehead atoms. The molecule has 21 heavy (non-hydrogen) atoms. The molecule has 2 fully saturated rings. The van der Waals surface area contributed by atoms with Crippen LogP contribution in [-0.2, 0) is 15.8 Å². The van der Waals surface area contributed by atoms with Gasteiger partial charge in [-0.15, -0.1) is 0 Å². The van der Waals surface area contributed by atoms with Gasteiger partial charge in [0.15, 0.2) is 0 Å². The average Bonchev–Trinajstić information content (AvgIpc) is 2.72. The first-order chi connectivity index (χ1) is 9.75. The molecule has 2 saturated carbocycles. The molecular weight excluding hydrogens is 282 g/mol. The van der Waals surface area contributed by atoms with Crippen LogP contribution >= 0.6 is 0 Å². The summed E-state index contributed by atoms with van der Waals surface area (Å²) in [6.45, 7) is 6.86. The van der Waals surface area contributed by atoms with Crippen LogP contribution in [0.15, 0.2) is 30.3 Å². The quantitative estimate of drug-likeness (QED) is 0.927. The molecule has 0 heterocycles. The van der Waals surface area contributed by atoms with Crippen molar-refractivity contribution in [1.82, 2.24) is 4.72 Å². The Hall–Kier alpha value is -0.870. The molecule has 3 nitrogen and oxygen atoms in total. The molecule has 2 aliphatic rings. The summed E-state index contributed by atoms with van der Waals surface area (Å²) in [6, 6.07) is 9.49. The van der Waals surface area contributed by atoms with Crippen molar-refractivity contribution in [3.05, 3.63) is 35.9 Å². The first kappa shape index (κ1) is 15.0. The zero-order valence-electron chi connectivity index (χ0n) is 13.1. The van der Waals surface area contributed by atoms with Crippen molar-refractivity contribution < 1.29 is 8.42 Å². The van der Waals surface area contributed by atoms with Crippen molar-refractivity contribution in [3.8, 4) is 0 Å². The molecule has 0 aromatic heterocycles. The normalized spacial score (nSPS) is 34.2. The van der Waals surface area contributed by atoms with Crippen molar-refractivity contribution in [2.75, 3.05) is 0 Å². The minimum Gasteiger partial charge on any atom is -0.212 e. The number of benzene rings is 1. The summed E-state index contributed by atoms with van der Waals surface area (Å²) in [5, 5.41) is 0. The molecule has 4 heteroatoms. The number of sulfonamides is 1. The van der Waals surface area contributed by atoms with E-state index < -0.39 is 10.0 Å². The third-order valence-corrected chi connectivity index (χ3v) is 7.67. The maximum atomic E-state index is 12.5. The van der Waals surface area contributed by atoms with Gasteiger partial charge in [-0.3, -0.25) is 0 Å². The van der Waals surface area contributed by atoms with Crippen LogP contribution in [-0.4, -0.2) is 14.5 Å². The molecule has 0 spiro atoms. The first-order valence-corrected chi connectivity index (χ1v) is 9.44. The predicted octanol–water partition coefficient (Wildman–Crippen LogP) is 3.32. The van der Waals surface area contributed by atoms with E-state index in [9.17, 15) is 8.42 Å². The number of hydrogen-bond acceptors (Lipinski definition) is 2. The third kappa shape index (κ3) is 2.42. The number of hydrogen-bond donors (Lipinski definition) is 1. The van der Waals surface area contributed by atoms with E-state index in [0.29, 0.717) is 5.92 Å². The molecule has 1 aromatic rings. The smallest absolute Gasteiger partial charge is 0.212 e. The van der Waals surface area contributed by atoms with Crippen LogP contribution in [0, 0.1) is 16.7 Å². The van der Waals surface area contributed by atoms with Gasteiger partial charge in [0, 0.05) is 6.04 Å². The van der Waals surface area contributed by atoms with Crippen LogP contribution in [0.4, 0.5) is 0 Å². The molecule has 0 aliphatic heterocycles. The molecule has 116 valence electrons. The Balaban J connectivity index is 1.76. The fraction of sp³-hybridized carbons (Fsp3) is 0.647. The standard InChI is InChI=1S/C17H25NO2S/c1-16(2)14-9-10-17(16,3)15(11-14)18-21(19,20)12-13-7-5-4-6-8-13/h4-8,14-15,18H,9-12H2,1-3H3/t14-,15+,17-/m0/s1. The molecule has 0 saturated heterocycles. The summed E-state index contributed by atoms with van der Waals surface area (Å²) in [4.78, 5) is 0. The largest absolute Gasteiger partial charge is 0.216 e. The van der Waals surface area contributed by atoms with E-state index >= 15 is 0 Å². The van der Waals surface area contributed by atoms with Crippen LogP contribution in [0.1, 0.15) is 45.6 Å². The van der Waals surface area contributed by atoms with Gasteiger partial charge in [-0.2, -0.15) is 0 Å². The highest BCUT2D eigenvalue weighted by molar-refractivity contribution is 7.88. The third-order valence-electron chi connectivity index (χ3n) is 6.32. The number of nitrogens with one attached hydrogen (secondary N) is 1. The van der Waals surface area contributed by atoms with E-state index in [4.69, 9.17) is 0 Å². The van der Waals surface area contributed by atoms with E-state index in [2.05, 4.69) is 25.5 Å². The first-order valence-electron chi connectivity index (χ1n) is 7.78. The molecule has 0 amide bonds. The summed E-state index contributed by atoms with van der Waals surface area (Å²) in [5.74, 6) is 0.720. The van der Waals surface area contributed by atoms with Crippen molar-refractivity contribution in [1.29, 1.82) is 0 Å². The van der Waals surface area contributed by atoms with E-state index in [1.807, 2.05) is 30.3 Å². The van der Waals surface area contributed by atoms with Crippen LogP contribution in [0.25, 0.3) is 0 Å². The van der Waals surface area contributed by atoms with Crippen molar-refractivity contribution in [2.24, 2.45) is 16.7 Å². The maximum absolute atomic E-state index is 12.5. The Morgan fingerprint density at radius 1 is 1.19 bits per heavy atom. The highest BCUT2D eigenvalue weighted by atomic mass is 32.2. The summed E-state index contributed by atoms with van der Waals surface area (Å²) >= 11 is 0. The minimum atomic E-state index is -3.28. The van der Waals surface area contributed by atoms with Gasteiger partial charge < -0.3 is 0 Å². The van der Waals surface area contributed by atoms with E-state index in [1.54, 1.807) is 0 Å². The second-order valence-electron chi connectivity index (χ2n) is 7.53. The summed E-state index contributed by atoms with van der Waals surface area (Å²) in [5.41, 5.74) is 1.16. The zero-order valence-corrected chi connectivity index (χ0v) is 13.9. The lowest BCUT2D eigenvalue weighted by Crippen LogP contribution is -2.47. The van der Waals surface area contributed by atoms with Crippen molar-refractivity contribution in [2.45, 2.75) is 51.8 Å². The maximum Gasteiger partial charge on any atom is 0.216 e. The van der Waals surface area contributed by atoms with Gasteiger partial charge in [-0.05, 0) is 41.6 Å². The molecule has 1 N–H and O–H groups in total. The minimum absolute atomic E-state index is 0.0749. The van der Waals surface area contributed by atoms with Crippen LogP contribution in [0.5, 0.6) is 0 Å². The lowest BCUT2D eigenvalue weighted by Gasteiger charge is -2.39. The van der Waals surface area contributed by atoms with Crippen molar-refractivity contribution >= 4 is 10.0 Å². The Kier molecular flexibility index (Phi) is 3.45. The van der Waals surface area contributed by atoms with E-state index in [1.165, 1.54) is 6.42 Å². The highest BCUT2D eigenvalue weighted by Crippen LogP contribution is 2.65. The molecule has 0 unspecified atom stereocenters.